The summed E-state index contributed by atoms with van der Waals surface area (Å²) in [6, 6.07) is -0.284. The van der Waals surface area contributed by atoms with Crippen LogP contribution >= 0.6 is 23.5 Å². The third kappa shape index (κ3) is 2.63. The molecule has 0 radical (unpaired) electrons. The highest BCUT2D eigenvalue weighted by Crippen LogP contribution is 2.43. The van der Waals surface area contributed by atoms with Crippen LogP contribution in [0.2, 0.25) is 0 Å². The SMILES string of the molecule is CC(=O)N[C@]1(C(=O)O)OC1SC(=O)C1CSCN1. The van der Waals surface area contributed by atoms with Crippen molar-refractivity contribution in [1.82, 2.24) is 10.6 Å². The molecule has 2 aliphatic rings. The molecule has 2 unspecified atom stereocenters. The highest BCUT2D eigenvalue weighted by molar-refractivity contribution is 8.14. The lowest BCUT2D eigenvalue weighted by Crippen LogP contribution is -2.45. The smallest absolute Gasteiger partial charge is 0.361 e. The molecule has 0 aromatic rings. The number of carboxylic acid groups (broad SMARTS) is 1. The number of thioether (sulfide) groups is 2. The fourth-order valence-corrected chi connectivity index (χ4v) is 3.65. The van der Waals surface area contributed by atoms with Crippen molar-refractivity contribution in [2.45, 2.75) is 24.1 Å². The van der Waals surface area contributed by atoms with E-state index < -0.39 is 23.0 Å². The number of ether oxygens (including phenoxy) is 1. The van der Waals surface area contributed by atoms with Crippen LogP contribution in [0.5, 0.6) is 0 Å². The molecule has 0 aromatic heterocycles. The number of epoxide rings is 1. The van der Waals surface area contributed by atoms with Crippen LogP contribution in [0.4, 0.5) is 0 Å². The summed E-state index contributed by atoms with van der Waals surface area (Å²) in [7, 11) is 0. The standard InChI is InChI=1S/C9H12N2O5S2/c1-4(12)11-9(7(14)15)8(16-9)18-6(13)5-2-17-3-10-5/h5,8,10H,2-3H2,1H3,(H,11,12)(H,14,15)/t5?,8?,9-/m1/s1. The highest BCUT2D eigenvalue weighted by Gasteiger charge is 2.66. The minimum absolute atomic E-state index is 0.168. The monoisotopic (exact) mass is 292 g/mol. The van der Waals surface area contributed by atoms with E-state index in [-0.39, 0.29) is 11.2 Å². The second-order valence-corrected chi connectivity index (χ2v) is 5.98. The van der Waals surface area contributed by atoms with Gasteiger partial charge in [0.2, 0.25) is 11.0 Å². The summed E-state index contributed by atoms with van der Waals surface area (Å²) in [5.74, 6) is -0.434. The predicted molar refractivity (Wildman–Crippen MR) is 65.9 cm³/mol. The number of carbonyl (C=O) groups excluding carboxylic acids is 2. The van der Waals surface area contributed by atoms with E-state index in [0.29, 0.717) is 11.6 Å². The molecule has 0 aromatic carbocycles. The zero-order valence-corrected chi connectivity index (χ0v) is 11.1. The van der Waals surface area contributed by atoms with Crippen LogP contribution in [0.3, 0.4) is 0 Å². The molecule has 0 saturated carbocycles. The van der Waals surface area contributed by atoms with Gasteiger partial charge >= 0.3 is 5.97 Å². The molecule has 18 heavy (non-hydrogen) atoms. The Hall–Kier alpha value is -0.770. The first kappa shape index (κ1) is 13.7. The lowest BCUT2D eigenvalue weighted by Gasteiger charge is -2.09. The van der Waals surface area contributed by atoms with Crippen molar-refractivity contribution in [3.05, 3.63) is 0 Å². The molecule has 100 valence electrons. The number of rotatable bonds is 4. The minimum atomic E-state index is -1.75. The molecule has 9 heteroatoms. The molecule has 2 saturated heterocycles. The van der Waals surface area contributed by atoms with Gasteiger partial charge in [-0.15, -0.1) is 11.8 Å². The highest BCUT2D eigenvalue weighted by atomic mass is 32.2. The molecule has 2 heterocycles. The molecule has 3 N–H and O–H groups in total. The normalized spacial score (nSPS) is 34.1. The molecule has 2 fully saturated rings. The van der Waals surface area contributed by atoms with Crippen LogP contribution in [-0.4, -0.2) is 50.9 Å². The van der Waals surface area contributed by atoms with Crippen LogP contribution in [0, 0.1) is 0 Å². The van der Waals surface area contributed by atoms with Crippen LogP contribution in [0.15, 0.2) is 0 Å². The van der Waals surface area contributed by atoms with Gasteiger partial charge in [0.15, 0.2) is 5.44 Å². The molecular weight excluding hydrogens is 280 g/mol. The quantitative estimate of drug-likeness (QED) is 0.577. The number of carbonyl (C=O) groups is 3. The van der Waals surface area contributed by atoms with Crippen LogP contribution in [0.1, 0.15) is 6.92 Å². The maximum atomic E-state index is 11.8. The summed E-state index contributed by atoms with van der Waals surface area (Å²) in [6.45, 7) is 1.20. The van der Waals surface area contributed by atoms with Crippen LogP contribution < -0.4 is 10.6 Å². The van der Waals surface area contributed by atoms with Gasteiger partial charge in [0, 0.05) is 18.6 Å². The van der Waals surface area contributed by atoms with Crippen molar-refractivity contribution in [3.8, 4) is 0 Å². The van der Waals surface area contributed by atoms with Gasteiger partial charge in [-0.1, -0.05) is 0 Å². The van der Waals surface area contributed by atoms with E-state index >= 15 is 0 Å². The van der Waals surface area contributed by atoms with E-state index in [9.17, 15) is 14.4 Å². The van der Waals surface area contributed by atoms with Gasteiger partial charge in [-0.3, -0.25) is 14.9 Å². The van der Waals surface area contributed by atoms with Crippen molar-refractivity contribution in [2.24, 2.45) is 0 Å². The van der Waals surface area contributed by atoms with Crippen molar-refractivity contribution < 1.29 is 24.2 Å². The molecule has 3 atom stereocenters. The summed E-state index contributed by atoms with van der Waals surface area (Å²) < 4.78 is 4.98. The molecule has 2 aliphatic heterocycles. The largest absolute Gasteiger partial charge is 0.478 e. The van der Waals surface area contributed by atoms with Gasteiger partial charge in [0.05, 0.1) is 6.04 Å². The molecule has 7 nitrogen and oxygen atoms in total. The fraction of sp³-hybridized carbons (Fsp3) is 0.667. The van der Waals surface area contributed by atoms with E-state index in [1.807, 2.05) is 0 Å². The van der Waals surface area contributed by atoms with Crippen molar-refractivity contribution in [3.63, 3.8) is 0 Å². The third-order valence-electron chi connectivity index (χ3n) is 2.47. The summed E-state index contributed by atoms with van der Waals surface area (Å²) in [5.41, 5.74) is -2.61. The Morgan fingerprint density at radius 2 is 2.28 bits per heavy atom. The fourth-order valence-electron chi connectivity index (χ4n) is 1.53. The van der Waals surface area contributed by atoms with Crippen molar-refractivity contribution >= 4 is 40.5 Å². The van der Waals surface area contributed by atoms with Gasteiger partial charge in [-0.25, -0.2) is 4.79 Å². The van der Waals surface area contributed by atoms with Gasteiger partial charge in [-0.05, 0) is 11.8 Å². The molecule has 0 aliphatic carbocycles. The first-order valence-electron chi connectivity index (χ1n) is 5.17. The molecule has 2 rings (SSSR count). The molecular formula is C9H12N2O5S2. The van der Waals surface area contributed by atoms with Crippen molar-refractivity contribution in [2.75, 3.05) is 11.6 Å². The Labute approximate surface area is 111 Å². The molecule has 0 bridgehead atoms. The average molecular weight is 292 g/mol. The van der Waals surface area contributed by atoms with E-state index in [4.69, 9.17) is 9.84 Å². The summed E-state index contributed by atoms with van der Waals surface area (Å²) in [6.07, 6.45) is 0. The zero-order valence-electron chi connectivity index (χ0n) is 9.47. The van der Waals surface area contributed by atoms with Crippen LogP contribution in [-0.2, 0) is 19.1 Å². The number of aliphatic carboxylic acids is 1. The van der Waals surface area contributed by atoms with Gasteiger partial charge in [0.1, 0.15) is 0 Å². The van der Waals surface area contributed by atoms with E-state index in [1.54, 1.807) is 11.8 Å². The van der Waals surface area contributed by atoms with E-state index in [1.165, 1.54) is 6.92 Å². The minimum Gasteiger partial charge on any atom is -0.478 e. The van der Waals surface area contributed by atoms with Crippen molar-refractivity contribution in [1.29, 1.82) is 0 Å². The Morgan fingerprint density at radius 3 is 2.78 bits per heavy atom. The summed E-state index contributed by atoms with van der Waals surface area (Å²) in [4.78, 5) is 33.8. The second kappa shape index (κ2) is 5.08. The number of amides is 1. The van der Waals surface area contributed by atoms with Crippen LogP contribution in [0.25, 0.3) is 0 Å². The second-order valence-electron chi connectivity index (χ2n) is 3.88. The number of nitrogens with one attached hydrogen (secondary N) is 2. The van der Waals surface area contributed by atoms with Gasteiger partial charge < -0.3 is 15.2 Å². The molecule has 1 amide bonds. The third-order valence-corrected chi connectivity index (χ3v) is 4.57. The summed E-state index contributed by atoms with van der Waals surface area (Å²) in [5, 5.41) is 14.1. The summed E-state index contributed by atoms with van der Waals surface area (Å²) >= 11 is 2.41. The lowest BCUT2D eigenvalue weighted by atomic mass is 10.3. The number of hydrogen-bond donors (Lipinski definition) is 3. The lowest BCUT2D eigenvalue weighted by molar-refractivity contribution is -0.146. The maximum absolute atomic E-state index is 11.8. The van der Waals surface area contributed by atoms with E-state index in [0.717, 1.165) is 11.8 Å². The predicted octanol–water partition coefficient (Wildman–Crippen LogP) is -0.818. The Bertz CT molecular complexity index is 398. The Morgan fingerprint density at radius 1 is 1.56 bits per heavy atom. The maximum Gasteiger partial charge on any atom is 0.361 e. The van der Waals surface area contributed by atoms with Gasteiger partial charge in [0.25, 0.3) is 5.72 Å². The van der Waals surface area contributed by atoms with Gasteiger partial charge in [-0.2, -0.15) is 0 Å². The Balaban J connectivity index is 1.93. The number of carboxylic acids is 1. The van der Waals surface area contributed by atoms with E-state index in [2.05, 4.69) is 10.6 Å². The Kier molecular flexibility index (Phi) is 3.85. The first-order valence-corrected chi connectivity index (χ1v) is 7.21. The topological polar surface area (TPSA) is 108 Å². The zero-order chi connectivity index (χ0) is 13.3. The average Bonchev–Trinajstić information content (AvgIpc) is 2.78. The first-order chi connectivity index (χ1) is 8.45. The number of hydrogen-bond acceptors (Lipinski definition) is 7. The molecule has 0 spiro atoms.